The second-order valence-corrected chi connectivity index (χ2v) is 5.79. The maximum absolute atomic E-state index is 12.4. The Morgan fingerprint density at radius 2 is 1.92 bits per heavy atom. The number of likely N-dealkylation sites (N-methyl/N-ethyl adjacent to an activating group) is 1. The molecule has 6 nitrogen and oxygen atoms in total. The van der Waals surface area contributed by atoms with Crippen LogP contribution in [-0.2, 0) is 16.0 Å². The molecule has 1 aliphatic rings. The number of carbonyl (C=O) groups excluding carboxylic acids is 1. The first-order valence-corrected chi connectivity index (χ1v) is 8.02. The summed E-state index contributed by atoms with van der Waals surface area (Å²) in [6.45, 7) is 0.253. The fourth-order valence-corrected chi connectivity index (χ4v) is 2.78. The zero-order valence-electron chi connectivity index (χ0n) is 13.8. The van der Waals surface area contributed by atoms with Crippen molar-refractivity contribution in [2.24, 2.45) is 0 Å². The summed E-state index contributed by atoms with van der Waals surface area (Å²) in [6, 6.07) is 14.4. The lowest BCUT2D eigenvalue weighted by Crippen LogP contribution is -2.44. The molecule has 130 valence electrons. The maximum Gasteiger partial charge on any atom is 0.307 e. The van der Waals surface area contributed by atoms with Gasteiger partial charge in [0.1, 0.15) is 11.5 Å². The minimum Gasteiger partial charge on any atom is -0.493 e. The molecule has 6 heteroatoms. The number of amides is 1. The number of para-hydroxylation sites is 3. The van der Waals surface area contributed by atoms with E-state index in [4.69, 9.17) is 14.6 Å². The molecule has 1 N–H and O–H groups in total. The van der Waals surface area contributed by atoms with Crippen LogP contribution in [0.15, 0.2) is 48.5 Å². The van der Waals surface area contributed by atoms with Crippen LogP contribution in [0.2, 0.25) is 0 Å². The van der Waals surface area contributed by atoms with Crippen molar-refractivity contribution in [1.29, 1.82) is 0 Å². The van der Waals surface area contributed by atoms with Gasteiger partial charge in [-0.1, -0.05) is 30.3 Å². The van der Waals surface area contributed by atoms with Crippen molar-refractivity contribution in [3.63, 3.8) is 0 Å². The van der Waals surface area contributed by atoms with Crippen LogP contribution in [0.3, 0.4) is 0 Å². The average Bonchev–Trinajstić information content (AvgIpc) is 2.60. The summed E-state index contributed by atoms with van der Waals surface area (Å²) in [5.41, 5.74) is 1.35. The fourth-order valence-electron chi connectivity index (χ4n) is 2.78. The van der Waals surface area contributed by atoms with E-state index in [9.17, 15) is 9.59 Å². The van der Waals surface area contributed by atoms with Gasteiger partial charge in [0.05, 0.1) is 18.7 Å². The number of rotatable bonds is 6. The lowest BCUT2D eigenvalue weighted by molar-refractivity contribution is -0.136. The summed E-state index contributed by atoms with van der Waals surface area (Å²) in [4.78, 5) is 24.9. The molecule has 25 heavy (non-hydrogen) atoms. The van der Waals surface area contributed by atoms with Crippen LogP contribution in [0.5, 0.6) is 11.5 Å². The highest BCUT2D eigenvalue weighted by molar-refractivity contribution is 5.99. The van der Waals surface area contributed by atoms with Gasteiger partial charge in [-0.3, -0.25) is 9.59 Å². The number of benzene rings is 2. The van der Waals surface area contributed by atoms with Crippen LogP contribution in [0.4, 0.5) is 5.69 Å². The molecule has 0 radical (unpaired) electrons. The number of ether oxygens (including phenoxy) is 2. The van der Waals surface area contributed by atoms with Crippen molar-refractivity contribution in [3.05, 3.63) is 54.1 Å². The zero-order valence-corrected chi connectivity index (χ0v) is 13.8. The maximum atomic E-state index is 12.4. The van der Waals surface area contributed by atoms with Crippen molar-refractivity contribution >= 4 is 17.6 Å². The number of hydrogen-bond acceptors (Lipinski definition) is 4. The standard InChI is InChI=1S/C19H19NO5/c1-20-14-7-3-5-9-16(14)25-17(19(20)23)10-11-24-15-8-4-2-6-13(15)12-18(21)22/h2-9,17H,10-12H2,1H3,(H,21,22). The Morgan fingerprint density at radius 1 is 1.20 bits per heavy atom. The lowest BCUT2D eigenvalue weighted by Gasteiger charge is -2.31. The number of aliphatic carboxylic acids is 1. The lowest BCUT2D eigenvalue weighted by atomic mass is 10.1. The molecule has 1 unspecified atom stereocenters. The third kappa shape index (κ3) is 3.74. The fraction of sp³-hybridized carbons (Fsp3) is 0.263. The van der Waals surface area contributed by atoms with Gasteiger partial charge in [-0.25, -0.2) is 0 Å². The molecule has 2 aromatic carbocycles. The Labute approximate surface area is 145 Å². The molecule has 0 aromatic heterocycles. The average molecular weight is 341 g/mol. The molecule has 0 spiro atoms. The highest BCUT2D eigenvalue weighted by Gasteiger charge is 2.31. The predicted octanol–water partition coefficient (Wildman–Crippen LogP) is 2.51. The van der Waals surface area contributed by atoms with Gasteiger partial charge in [0, 0.05) is 19.0 Å². The molecule has 1 amide bonds. The van der Waals surface area contributed by atoms with E-state index in [0.29, 0.717) is 23.5 Å². The summed E-state index contributed by atoms with van der Waals surface area (Å²) in [5, 5.41) is 8.95. The summed E-state index contributed by atoms with van der Waals surface area (Å²) >= 11 is 0. The summed E-state index contributed by atoms with van der Waals surface area (Å²) in [6.07, 6.45) is -0.351. The molecule has 1 heterocycles. The molecule has 1 aliphatic heterocycles. The highest BCUT2D eigenvalue weighted by atomic mass is 16.5. The number of hydrogen-bond donors (Lipinski definition) is 1. The van der Waals surface area contributed by atoms with Crippen LogP contribution >= 0.6 is 0 Å². The summed E-state index contributed by atoms with van der Waals surface area (Å²) in [7, 11) is 1.72. The summed E-state index contributed by atoms with van der Waals surface area (Å²) < 4.78 is 11.5. The Hall–Kier alpha value is -3.02. The third-order valence-electron chi connectivity index (χ3n) is 4.05. The molecule has 0 bridgehead atoms. The monoisotopic (exact) mass is 341 g/mol. The van der Waals surface area contributed by atoms with E-state index < -0.39 is 12.1 Å². The Kier molecular flexibility index (Phi) is 4.88. The van der Waals surface area contributed by atoms with Crippen LogP contribution in [-0.4, -0.2) is 36.7 Å². The number of carboxylic acids is 1. The van der Waals surface area contributed by atoms with Crippen molar-refractivity contribution in [1.82, 2.24) is 0 Å². The molecule has 0 fully saturated rings. The van der Waals surface area contributed by atoms with Crippen LogP contribution in [0.1, 0.15) is 12.0 Å². The van der Waals surface area contributed by atoms with E-state index in [1.54, 1.807) is 36.2 Å². The first-order valence-electron chi connectivity index (χ1n) is 8.02. The second kappa shape index (κ2) is 7.25. The smallest absolute Gasteiger partial charge is 0.307 e. The number of carboxylic acid groups (broad SMARTS) is 1. The van der Waals surface area contributed by atoms with Crippen molar-refractivity contribution in [3.8, 4) is 11.5 Å². The van der Waals surface area contributed by atoms with Gasteiger partial charge in [0.15, 0.2) is 6.10 Å². The van der Waals surface area contributed by atoms with E-state index in [1.807, 2.05) is 24.3 Å². The highest BCUT2D eigenvalue weighted by Crippen LogP contribution is 2.33. The third-order valence-corrected chi connectivity index (χ3v) is 4.05. The van der Waals surface area contributed by atoms with Crippen molar-refractivity contribution in [2.45, 2.75) is 18.9 Å². The Balaban J connectivity index is 1.63. The first-order chi connectivity index (χ1) is 12.1. The first kappa shape index (κ1) is 16.8. The number of fused-ring (bicyclic) bond motifs is 1. The number of nitrogens with zero attached hydrogens (tertiary/aromatic N) is 1. The molecule has 1 atom stereocenters. The van der Waals surface area contributed by atoms with Gasteiger partial charge in [-0.2, -0.15) is 0 Å². The van der Waals surface area contributed by atoms with Gasteiger partial charge in [-0.15, -0.1) is 0 Å². The SMILES string of the molecule is CN1C(=O)C(CCOc2ccccc2CC(=O)O)Oc2ccccc21. The minimum atomic E-state index is -0.917. The van der Waals surface area contributed by atoms with Gasteiger partial charge in [-0.05, 0) is 18.2 Å². The number of anilines is 1. The molecule has 2 aromatic rings. The topological polar surface area (TPSA) is 76.1 Å². The van der Waals surface area contributed by atoms with Gasteiger partial charge < -0.3 is 19.5 Å². The largest absolute Gasteiger partial charge is 0.493 e. The van der Waals surface area contributed by atoms with Gasteiger partial charge in [0.25, 0.3) is 5.91 Å². The van der Waals surface area contributed by atoms with E-state index in [1.165, 1.54) is 0 Å². The molecular weight excluding hydrogens is 322 g/mol. The van der Waals surface area contributed by atoms with Crippen LogP contribution in [0, 0.1) is 0 Å². The molecule has 0 saturated carbocycles. The van der Waals surface area contributed by atoms with E-state index in [-0.39, 0.29) is 18.9 Å². The Bertz CT molecular complexity index is 789. The second-order valence-electron chi connectivity index (χ2n) is 5.79. The quantitative estimate of drug-likeness (QED) is 0.874. The van der Waals surface area contributed by atoms with Crippen molar-refractivity contribution < 1.29 is 24.2 Å². The van der Waals surface area contributed by atoms with E-state index in [0.717, 1.165) is 5.69 Å². The van der Waals surface area contributed by atoms with Crippen LogP contribution in [0.25, 0.3) is 0 Å². The Morgan fingerprint density at radius 3 is 2.72 bits per heavy atom. The van der Waals surface area contributed by atoms with E-state index >= 15 is 0 Å². The number of carbonyl (C=O) groups is 2. The molecule has 0 saturated heterocycles. The molecular formula is C19H19NO5. The summed E-state index contributed by atoms with van der Waals surface area (Å²) in [5.74, 6) is 0.143. The molecule has 0 aliphatic carbocycles. The normalized spacial score (nSPS) is 16.1. The van der Waals surface area contributed by atoms with E-state index in [2.05, 4.69) is 0 Å². The van der Waals surface area contributed by atoms with Gasteiger partial charge >= 0.3 is 5.97 Å². The van der Waals surface area contributed by atoms with Gasteiger partial charge in [0.2, 0.25) is 0 Å². The molecule has 3 rings (SSSR count). The van der Waals surface area contributed by atoms with Crippen LogP contribution < -0.4 is 14.4 Å². The predicted molar refractivity (Wildman–Crippen MR) is 92.2 cm³/mol. The minimum absolute atomic E-state index is 0.106. The zero-order chi connectivity index (χ0) is 17.8. The van der Waals surface area contributed by atoms with Crippen molar-refractivity contribution in [2.75, 3.05) is 18.6 Å².